The van der Waals surface area contributed by atoms with Crippen molar-refractivity contribution in [2.24, 2.45) is 0 Å². The van der Waals surface area contributed by atoms with Crippen LogP contribution in [0, 0.1) is 6.92 Å². The van der Waals surface area contributed by atoms with Crippen molar-refractivity contribution in [3.05, 3.63) is 35.4 Å². The average molecular weight is 383 g/mol. The molecule has 0 aliphatic carbocycles. The van der Waals surface area contributed by atoms with E-state index in [4.69, 9.17) is 4.74 Å². The minimum Gasteiger partial charge on any atom is -0.444 e. The van der Waals surface area contributed by atoms with E-state index in [1.807, 2.05) is 52.0 Å². The van der Waals surface area contributed by atoms with Crippen LogP contribution in [0.4, 0.5) is 4.79 Å². The third kappa shape index (κ3) is 5.45. The number of sulfonamides is 1. The van der Waals surface area contributed by atoms with Crippen molar-refractivity contribution in [2.75, 3.05) is 20.1 Å². The summed E-state index contributed by atoms with van der Waals surface area (Å²) < 4.78 is 32.4. The van der Waals surface area contributed by atoms with Crippen molar-refractivity contribution in [2.45, 2.75) is 57.9 Å². The number of benzene rings is 1. The first kappa shape index (κ1) is 20.7. The molecule has 26 heavy (non-hydrogen) atoms. The Hall–Kier alpha value is -1.60. The largest absolute Gasteiger partial charge is 0.444 e. The Morgan fingerprint density at radius 2 is 1.81 bits per heavy atom. The van der Waals surface area contributed by atoms with Gasteiger partial charge in [0.15, 0.2) is 0 Å². The van der Waals surface area contributed by atoms with Gasteiger partial charge in [0, 0.05) is 26.2 Å². The van der Waals surface area contributed by atoms with E-state index in [2.05, 4.69) is 0 Å². The Morgan fingerprint density at radius 3 is 2.35 bits per heavy atom. The van der Waals surface area contributed by atoms with Crippen molar-refractivity contribution in [3.8, 4) is 0 Å². The number of carbonyl (C=O) groups is 1. The number of aryl methyl sites for hydroxylation is 1. The number of hydrogen-bond acceptors (Lipinski definition) is 4. The highest BCUT2D eigenvalue weighted by molar-refractivity contribution is 7.88. The lowest BCUT2D eigenvalue weighted by Gasteiger charge is -2.36. The standard InChI is InChI=1S/C19H30N2O4S/c1-15-8-6-7-9-16(15)14-26(23,24)21-12-10-17(11-13-21)20(5)18(22)25-19(2,3)4/h6-9,17H,10-14H2,1-5H3. The minimum absolute atomic E-state index is 0.00485. The Kier molecular flexibility index (Phi) is 6.34. The average Bonchev–Trinajstić information content (AvgIpc) is 2.55. The maximum Gasteiger partial charge on any atom is 0.410 e. The molecule has 0 unspecified atom stereocenters. The van der Waals surface area contributed by atoms with Gasteiger partial charge in [-0.25, -0.2) is 17.5 Å². The number of hydrogen-bond donors (Lipinski definition) is 0. The maximum absolute atomic E-state index is 12.7. The molecule has 0 N–H and O–H groups in total. The number of carbonyl (C=O) groups excluding carboxylic acids is 1. The van der Waals surface area contributed by atoms with Crippen LogP contribution in [-0.2, 0) is 20.5 Å². The van der Waals surface area contributed by atoms with Gasteiger partial charge in [0.25, 0.3) is 0 Å². The molecular formula is C19H30N2O4S. The molecule has 0 saturated carbocycles. The molecule has 1 aliphatic rings. The summed E-state index contributed by atoms with van der Waals surface area (Å²) in [4.78, 5) is 13.8. The zero-order valence-corrected chi connectivity index (χ0v) is 17.2. The van der Waals surface area contributed by atoms with Crippen LogP contribution in [0.1, 0.15) is 44.7 Å². The summed E-state index contributed by atoms with van der Waals surface area (Å²) >= 11 is 0. The lowest BCUT2D eigenvalue weighted by molar-refractivity contribution is 0.0178. The van der Waals surface area contributed by atoms with Crippen LogP contribution in [0.5, 0.6) is 0 Å². The molecule has 1 heterocycles. The summed E-state index contributed by atoms with van der Waals surface area (Å²) in [6, 6.07) is 7.54. The molecule has 2 rings (SSSR count). The van der Waals surface area contributed by atoms with E-state index in [-0.39, 0.29) is 17.9 Å². The number of amides is 1. The summed E-state index contributed by atoms with van der Waals surface area (Å²) in [5.74, 6) is 0.0201. The van der Waals surface area contributed by atoms with E-state index >= 15 is 0 Å². The topological polar surface area (TPSA) is 66.9 Å². The first-order valence-electron chi connectivity index (χ1n) is 8.98. The lowest BCUT2D eigenvalue weighted by atomic mass is 10.1. The fraction of sp³-hybridized carbons (Fsp3) is 0.632. The van der Waals surface area contributed by atoms with Gasteiger partial charge in [0.05, 0.1) is 5.75 Å². The highest BCUT2D eigenvalue weighted by Crippen LogP contribution is 2.22. The molecule has 1 amide bonds. The highest BCUT2D eigenvalue weighted by Gasteiger charge is 2.32. The molecule has 1 aromatic rings. The van der Waals surface area contributed by atoms with Crippen LogP contribution in [0.25, 0.3) is 0 Å². The van der Waals surface area contributed by atoms with Crippen LogP contribution < -0.4 is 0 Å². The van der Waals surface area contributed by atoms with Gasteiger partial charge in [-0.15, -0.1) is 0 Å². The molecule has 7 heteroatoms. The molecule has 146 valence electrons. The molecule has 0 aromatic heterocycles. The fourth-order valence-electron chi connectivity index (χ4n) is 3.05. The number of piperidine rings is 1. The number of rotatable bonds is 4. The van der Waals surface area contributed by atoms with Gasteiger partial charge in [-0.1, -0.05) is 24.3 Å². The van der Waals surface area contributed by atoms with Crippen molar-refractivity contribution in [1.82, 2.24) is 9.21 Å². The van der Waals surface area contributed by atoms with Gasteiger partial charge >= 0.3 is 6.09 Å². The smallest absolute Gasteiger partial charge is 0.410 e. The second-order valence-corrected chi connectivity index (χ2v) is 9.87. The number of ether oxygens (including phenoxy) is 1. The molecule has 1 saturated heterocycles. The van der Waals surface area contributed by atoms with Crippen LogP contribution in [0.2, 0.25) is 0 Å². The van der Waals surface area contributed by atoms with Crippen molar-refractivity contribution >= 4 is 16.1 Å². The molecule has 0 bridgehead atoms. The zero-order valence-electron chi connectivity index (χ0n) is 16.4. The molecule has 0 spiro atoms. The van der Waals surface area contributed by atoms with Gasteiger partial charge in [0.1, 0.15) is 5.60 Å². The summed E-state index contributed by atoms with van der Waals surface area (Å²) in [6.07, 6.45) is 0.865. The third-order valence-corrected chi connectivity index (χ3v) is 6.47. The Labute approximate surface area is 157 Å². The van der Waals surface area contributed by atoms with Crippen LogP contribution in [0.3, 0.4) is 0 Å². The molecule has 1 aromatic carbocycles. The molecule has 0 atom stereocenters. The molecule has 1 aliphatic heterocycles. The number of nitrogens with zero attached hydrogens (tertiary/aromatic N) is 2. The van der Waals surface area contributed by atoms with Crippen LogP contribution >= 0.6 is 0 Å². The van der Waals surface area contributed by atoms with Gasteiger partial charge in [-0.2, -0.15) is 0 Å². The monoisotopic (exact) mass is 382 g/mol. The predicted octanol–water partition coefficient (Wildman–Crippen LogP) is 3.16. The molecule has 1 fully saturated rings. The van der Waals surface area contributed by atoms with E-state index in [0.29, 0.717) is 25.9 Å². The SMILES string of the molecule is Cc1ccccc1CS(=O)(=O)N1CCC(N(C)C(=O)OC(C)(C)C)CC1. The van der Waals surface area contributed by atoms with Gasteiger partial charge in [-0.05, 0) is 51.7 Å². The van der Waals surface area contributed by atoms with Crippen LogP contribution in [-0.4, -0.2) is 55.5 Å². The maximum atomic E-state index is 12.7. The first-order chi connectivity index (χ1) is 12.0. The van der Waals surface area contributed by atoms with E-state index in [0.717, 1.165) is 11.1 Å². The lowest BCUT2D eigenvalue weighted by Crippen LogP contribution is -2.48. The summed E-state index contributed by atoms with van der Waals surface area (Å²) in [5.41, 5.74) is 1.28. The second kappa shape index (κ2) is 7.96. The second-order valence-electron chi connectivity index (χ2n) is 7.90. The normalized spacial score (nSPS) is 17.1. The predicted molar refractivity (Wildman–Crippen MR) is 102 cm³/mol. The highest BCUT2D eigenvalue weighted by atomic mass is 32.2. The fourth-order valence-corrected chi connectivity index (χ4v) is 4.72. The molecule has 6 nitrogen and oxygen atoms in total. The van der Waals surface area contributed by atoms with Crippen LogP contribution in [0.15, 0.2) is 24.3 Å². The van der Waals surface area contributed by atoms with Crippen molar-refractivity contribution < 1.29 is 17.9 Å². The zero-order chi connectivity index (χ0) is 19.5. The molecular weight excluding hydrogens is 352 g/mol. The van der Waals surface area contributed by atoms with Gasteiger partial charge in [0.2, 0.25) is 10.0 Å². The van der Waals surface area contributed by atoms with E-state index in [1.165, 1.54) is 0 Å². The van der Waals surface area contributed by atoms with Crippen molar-refractivity contribution in [1.29, 1.82) is 0 Å². The third-order valence-electron chi connectivity index (χ3n) is 4.65. The quantitative estimate of drug-likeness (QED) is 0.802. The Balaban J connectivity index is 1.95. The Bertz CT molecular complexity index is 732. The van der Waals surface area contributed by atoms with E-state index in [1.54, 1.807) is 16.3 Å². The summed E-state index contributed by atoms with van der Waals surface area (Å²) in [5, 5.41) is 0. The minimum atomic E-state index is -3.36. The first-order valence-corrected chi connectivity index (χ1v) is 10.6. The van der Waals surface area contributed by atoms with Crippen molar-refractivity contribution in [3.63, 3.8) is 0 Å². The Morgan fingerprint density at radius 1 is 1.23 bits per heavy atom. The van der Waals surface area contributed by atoms with E-state index in [9.17, 15) is 13.2 Å². The summed E-state index contributed by atoms with van der Waals surface area (Å²) in [7, 11) is -1.64. The van der Waals surface area contributed by atoms with Gasteiger partial charge < -0.3 is 9.64 Å². The van der Waals surface area contributed by atoms with Gasteiger partial charge in [-0.3, -0.25) is 0 Å². The summed E-state index contributed by atoms with van der Waals surface area (Å²) in [6.45, 7) is 8.27. The molecule has 0 radical (unpaired) electrons. The van der Waals surface area contributed by atoms with E-state index < -0.39 is 15.6 Å².